The largest absolute Gasteiger partial charge is 0.364 e. The summed E-state index contributed by atoms with van der Waals surface area (Å²) in [5.41, 5.74) is 1.59. The van der Waals surface area contributed by atoms with Crippen molar-refractivity contribution in [2.45, 2.75) is 0 Å². The third-order valence-corrected chi connectivity index (χ3v) is 1.14. The van der Waals surface area contributed by atoms with Gasteiger partial charge in [0.15, 0.2) is 0 Å². The van der Waals surface area contributed by atoms with Crippen molar-refractivity contribution in [2.24, 2.45) is 9.98 Å². The Morgan fingerprint density at radius 2 is 2.67 bits per heavy atom. The zero-order chi connectivity index (χ0) is 6.10. The van der Waals surface area contributed by atoms with Gasteiger partial charge in [0.1, 0.15) is 18.7 Å². The van der Waals surface area contributed by atoms with Gasteiger partial charge in [-0.05, 0) is 0 Å². The molecule has 0 saturated heterocycles. The molecule has 0 aromatic carbocycles. The molecule has 44 valence electrons. The van der Waals surface area contributed by atoms with Crippen LogP contribution in [0.15, 0.2) is 15.7 Å². The van der Waals surface area contributed by atoms with Crippen LogP contribution in [-0.2, 0) is 4.74 Å². The Labute approximate surface area is 52.8 Å². The molecule has 3 heteroatoms. The van der Waals surface area contributed by atoms with Gasteiger partial charge in [-0.25, -0.2) is 9.98 Å². The van der Waals surface area contributed by atoms with Gasteiger partial charge in [-0.15, -0.1) is 0 Å². The molecule has 0 spiro atoms. The number of hydrogen-bond donors (Lipinski definition) is 0. The van der Waals surface area contributed by atoms with Crippen LogP contribution in [0.4, 0.5) is 0 Å². The first-order valence-electron chi connectivity index (χ1n) is 2.63. The molecule has 0 saturated carbocycles. The molecule has 0 fully saturated rings. The molecule has 0 unspecified atom stereocenters. The molecule has 0 atom stereocenters. The molecule has 0 N–H and O–H groups in total. The second kappa shape index (κ2) is 1.77. The smallest absolute Gasteiger partial charge is 0.134 e. The zero-order valence-corrected chi connectivity index (χ0v) is 4.66. The Hall–Kier alpha value is -0.960. The number of hydrogen-bond acceptors (Lipinski definition) is 3. The molecule has 0 amide bonds. The fraction of sp³-hybridized carbons (Fsp3) is 0.167. The van der Waals surface area contributed by atoms with E-state index >= 15 is 0 Å². The number of rotatable bonds is 0. The SMILES string of the molecule is [C]1=C2N=CN=C2[CH]OC1. The topological polar surface area (TPSA) is 34.0 Å². The molecule has 2 heterocycles. The highest BCUT2D eigenvalue weighted by atomic mass is 16.5. The Bertz CT molecular complexity index is 215. The summed E-state index contributed by atoms with van der Waals surface area (Å²) in [7, 11) is 0. The van der Waals surface area contributed by atoms with Gasteiger partial charge in [-0.1, -0.05) is 0 Å². The van der Waals surface area contributed by atoms with Crippen molar-refractivity contribution < 1.29 is 4.74 Å². The minimum atomic E-state index is 0.492. The van der Waals surface area contributed by atoms with E-state index < -0.39 is 0 Å². The van der Waals surface area contributed by atoms with Crippen LogP contribution in [-0.4, -0.2) is 18.7 Å². The maximum Gasteiger partial charge on any atom is 0.134 e. The van der Waals surface area contributed by atoms with Crippen molar-refractivity contribution in [3.8, 4) is 0 Å². The van der Waals surface area contributed by atoms with E-state index in [1.165, 1.54) is 6.34 Å². The lowest BCUT2D eigenvalue weighted by atomic mass is 10.2. The van der Waals surface area contributed by atoms with E-state index in [4.69, 9.17) is 4.74 Å². The van der Waals surface area contributed by atoms with Gasteiger partial charge >= 0.3 is 0 Å². The van der Waals surface area contributed by atoms with E-state index in [1.807, 2.05) is 0 Å². The molecule has 2 radical (unpaired) electrons. The van der Waals surface area contributed by atoms with Crippen LogP contribution in [0.25, 0.3) is 0 Å². The van der Waals surface area contributed by atoms with E-state index in [0.29, 0.717) is 6.61 Å². The van der Waals surface area contributed by atoms with E-state index in [1.54, 1.807) is 6.61 Å². The maximum atomic E-state index is 4.92. The van der Waals surface area contributed by atoms with Crippen LogP contribution in [0.1, 0.15) is 0 Å². The minimum Gasteiger partial charge on any atom is -0.364 e. The summed E-state index contributed by atoms with van der Waals surface area (Å²) < 4.78 is 4.92. The lowest BCUT2D eigenvalue weighted by Gasteiger charge is -2.05. The van der Waals surface area contributed by atoms with Gasteiger partial charge in [0.2, 0.25) is 0 Å². The van der Waals surface area contributed by atoms with Crippen LogP contribution >= 0.6 is 0 Å². The highest BCUT2D eigenvalue weighted by Gasteiger charge is 2.14. The molecule has 2 aliphatic rings. The summed E-state index contributed by atoms with van der Waals surface area (Å²) in [6.45, 7) is 2.09. The number of aliphatic imine (C=N–C) groups is 2. The average molecular weight is 120 g/mol. The zero-order valence-electron chi connectivity index (χ0n) is 4.66. The molecule has 2 aliphatic heterocycles. The number of ether oxygens (including phenoxy) is 1. The first-order chi connectivity index (χ1) is 4.47. The fourth-order valence-electron chi connectivity index (χ4n) is 0.729. The summed E-state index contributed by atoms with van der Waals surface area (Å²) in [5, 5.41) is 0. The molecule has 0 aromatic rings. The average Bonchev–Trinajstić information content (AvgIpc) is 2.33. The molecule has 3 nitrogen and oxygen atoms in total. The van der Waals surface area contributed by atoms with Crippen LogP contribution < -0.4 is 0 Å². The highest BCUT2D eigenvalue weighted by Crippen LogP contribution is 2.12. The van der Waals surface area contributed by atoms with Crippen molar-refractivity contribution in [3.63, 3.8) is 0 Å². The number of nitrogens with zero attached hydrogens (tertiary/aromatic N) is 2. The molecular formula is C6H4N2O. The standard InChI is InChI=1S/C6H4N2O/c1-2-9-3-6-5(1)7-4-8-6/h3-4H,2H2. The maximum absolute atomic E-state index is 4.92. The van der Waals surface area contributed by atoms with Gasteiger partial charge in [-0.3, -0.25) is 0 Å². The summed E-state index contributed by atoms with van der Waals surface area (Å²) >= 11 is 0. The molecule has 0 aliphatic carbocycles. The Kier molecular flexibility index (Phi) is 0.960. The van der Waals surface area contributed by atoms with E-state index in [0.717, 1.165) is 11.4 Å². The van der Waals surface area contributed by atoms with Crippen molar-refractivity contribution >= 4 is 12.1 Å². The Balaban J connectivity index is 2.38. The first kappa shape index (κ1) is 4.88. The van der Waals surface area contributed by atoms with Crippen molar-refractivity contribution in [1.29, 1.82) is 0 Å². The summed E-state index contributed by atoms with van der Waals surface area (Å²) in [4.78, 5) is 7.83. The predicted octanol–water partition coefficient (Wildman–Crippen LogP) is 0.348. The predicted molar refractivity (Wildman–Crippen MR) is 32.9 cm³/mol. The lowest BCUT2D eigenvalue weighted by molar-refractivity contribution is 0.249. The Morgan fingerprint density at radius 3 is 3.56 bits per heavy atom. The third-order valence-electron chi connectivity index (χ3n) is 1.14. The summed E-state index contributed by atoms with van der Waals surface area (Å²) in [6.07, 6.45) is 4.42. The van der Waals surface area contributed by atoms with Crippen molar-refractivity contribution in [3.05, 3.63) is 18.4 Å². The second-order valence-corrected chi connectivity index (χ2v) is 1.71. The van der Waals surface area contributed by atoms with Crippen LogP contribution in [0, 0.1) is 12.7 Å². The van der Waals surface area contributed by atoms with Crippen LogP contribution in [0.5, 0.6) is 0 Å². The molecule has 2 rings (SSSR count). The Morgan fingerprint density at radius 1 is 1.67 bits per heavy atom. The molecular weight excluding hydrogens is 116 g/mol. The van der Waals surface area contributed by atoms with E-state index in [-0.39, 0.29) is 0 Å². The van der Waals surface area contributed by atoms with Crippen LogP contribution in [0.2, 0.25) is 0 Å². The van der Waals surface area contributed by atoms with E-state index in [9.17, 15) is 0 Å². The van der Waals surface area contributed by atoms with Gasteiger partial charge < -0.3 is 4.74 Å². The van der Waals surface area contributed by atoms with Gasteiger partial charge in [-0.2, -0.15) is 0 Å². The molecule has 0 bridgehead atoms. The normalized spacial score (nSPS) is 23.1. The highest BCUT2D eigenvalue weighted by molar-refractivity contribution is 6.11. The lowest BCUT2D eigenvalue weighted by Crippen LogP contribution is -2.09. The van der Waals surface area contributed by atoms with Gasteiger partial charge in [0.25, 0.3) is 0 Å². The third kappa shape index (κ3) is 0.695. The molecule has 0 aromatic heterocycles. The molecule has 9 heavy (non-hydrogen) atoms. The number of fused-ring (bicyclic) bond motifs is 1. The fourth-order valence-corrected chi connectivity index (χ4v) is 0.729. The van der Waals surface area contributed by atoms with Crippen molar-refractivity contribution in [1.82, 2.24) is 0 Å². The second-order valence-electron chi connectivity index (χ2n) is 1.71. The summed E-state index contributed by atoms with van der Waals surface area (Å²) in [6, 6.07) is 0. The monoisotopic (exact) mass is 120 g/mol. The van der Waals surface area contributed by atoms with E-state index in [2.05, 4.69) is 16.1 Å². The summed E-state index contributed by atoms with van der Waals surface area (Å²) in [5.74, 6) is 0. The van der Waals surface area contributed by atoms with Crippen LogP contribution in [0.3, 0.4) is 0 Å². The van der Waals surface area contributed by atoms with Gasteiger partial charge in [0.05, 0.1) is 12.3 Å². The van der Waals surface area contributed by atoms with Gasteiger partial charge in [0, 0.05) is 6.08 Å². The minimum absolute atomic E-state index is 0.492. The first-order valence-corrected chi connectivity index (χ1v) is 2.63. The quantitative estimate of drug-likeness (QED) is 0.454. The van der Waals surface area contributed by atoms with Crippen molar-refractivity contribution in [2.75, 3.05) is 6.61 Å².